The first-order chi connectivity index (χ1) is 15.2. The highest BCUT2D eigenvalue weighted by molar-refractivity contribution is 7.90. The van der Waals surface area contributed by atoms with Crippen LogP contribution in [0.5, 0.6) is 5.75 Å². The highest BCUT2D eigenvalue weighted by Gasteiger charge is 2.16. The van der Waals surface area contributed by atoms with Gasteiger partial charge in [0.25, 0.3) is 0 Å². The number of hydrogen-bond acceptors (Lipinski definition) is 7. The zero-order chi connectivity index (χ0) is 25.6. The second-order valence-electron chi connectivity index (χ2n) is 7.42. The maximum absolute atomic E-state index is 12.2. The predicted octanol–water partition coefficient (Wildman–Crippen LogP) is 1.16. The molecule has 1 aromatic carbocycles. The van der Waals surface area contributed by atoms with E-state index in [9.17, 15) is 22.8 Å². The number of urea groups is 1. The standard InChI is InChI=1S/C17H29N3O4S.C4H4O4/c1-14(2)20(17(21)18-10-11-19(3)4)12-13-24-15-6-8-16(9-7-15)25(5,22)23;5-3(6)1-2-4(7)8/h6-9,14H,10-13H2,1-5H3,(H,18,21);1-2H,(H,5,6)(H,7,8)/b;2-1+. The van der Waals surface area contributed by atoms with Gasteiger partial charge in [0, 0.05) is 37.5 Å². The van der Waals surface area contributed by atoms with Crippen LogP contribution in [0.2, 0.25) is 0 Å². The van der Waals surface area contributed by atoms with Gasteiger partial charge in [0.1, 0.15) is 12.4 Å². The second kappa shape index (κ2) is 14.9. The lowest BCUT2D eigenvalue weighted by molar-refractivity contribution is -0.134. The molecule has 0 aromatic heterocycles. The van der Waals surface area contributed by atoms with Crippen molar-refractivity contribution in [1.82, 2.24) is 15.1 Å². The molecule has 0 unspecified atom stereocenters. The van der Waals surface area contributed by atoms with Gasteiger partial charge < -0.3 is 30.1 Å². The summed E-state index contributed by atoms with van der Waals surface area (Å²) in [6, 6.07) is 6.20. The minimum Gasteiger partial charge on any atom is -0.492 e. The maximum atomic E-state index is 12.2. The van der Waals surface area contributed by atoms with Crippen LogP contribution in [0.25, 0.3) is 0 Å². The SMILES string of the molecule is CC(C)N(CCOc1ccc(S(C)(=O)=O)cc1)C(=O)NCCN(C)C.O=C(O)/C=C/C(=O)O. The van der Waals surface area contributed by atoms with Gasteiger partial charge in [0.15, 0.2) is 9.84 Å². The summed E-state index contributed by atoms with van der Waals surface area (Å²) in [6.07, 6.45) is 2.28. The normalized spacial score (nSPS) is 11.1. The molecule has 0 aliphatic rings. The van der Waals surface area contributed by atoms with Crippen molar-refractivity contribution in [2.45, 2.75) is 24.8 Å². The number of amides is 2. The van der Waals surface area contributed by atoms with Crippen LogP contribution < -0.4 is 10.1 Å². The topological polar surface area (TPSA) is 154 Å². The molecule has 0 bridgehead atoms. The molecule has 186 valence electrons. The summed E-state index contributed by atoms with van der Waals surface area (Å²) < 4.78 is 28.5. The number of carboxylic acids is 2. The molecule has 0 fully saturated rings. The minimum atomic E-state index is -3.21. The Kier molecular flexibility index (Phi) is 13.4. The van der Waals surface area contributed by atoms with Crippen molar-refractivity contribution in [3.05, 3.63) is 36.4 Å². The van der Waals surface area contributed by atoms with Crippen molar-refractivity contribution in [1.29, 1.82) is 0 Å². The lowest BCUT2D eigenvalue weighted by Crippen LogP contribution is -2.47. The molecule has 1 aromatic rings. The van der Waals surface area contributed by atoms with Crippen molar-refractivity contribution in [3.8, 4) is 5.75 Å². The van der Waals surface area contributed by atoms with E-state index in [0.717, 1.165) is 12.8 Å². The molecule has 12 heteroatoms. The van der Waals surface area contributed by atoms with E-state index in [1.807, 2.05) is 32.8 Å². The molecular weight excluding hydrogens is 454 g/mol. The van der Waals surface area contributed by atoms with Gasteiger partial charge in [-0.3, -0.25) is 0 Å². The van der Waals surface area contributed by atoms with Gasteiger partial charge in [-0.05, 0) is 52.2 Å². The number of hydrogen-bond donors (Lipinski definition) is 3. The molecule has 11 nitrogen and oxygen atoms in total. The van der Waals surface area contributed by atoms with Gasteiger partial charge in [-0.1, -0.05) is 0 Å². The van der Waals surface area contributed by atoms with E-state index in [1.54, 1.807) is 17.0 Å². The van der Waals surface area contributed by atoms with E-state index in [2.05, 4.69) is 5.32 Å². The van der Waals surface area contributed by atoms with Gasteiger partial charge in [-0.15, -0.1) is 0 Å². The van der Waals surface area contributed by atoms with Crippen molar-refractivity contribution >= 4 is 27.8 Å². The van der Waals surface area contributed by atoms with Gasteiger partial charge in [-0.25, -0.2) is 22.8 Å². The van der Waals surface area contributed by atoms with Crippen LogP contribution in [0.15, 0.2) is 41.3 Å². The Balaban J connectivity index is 0.00000109. The van der Waals surface area contributed by atoms with Crippen molar-refractivity contribution in [2.24, 2.45) is 0 Å². The number of benzene rings is 1. The van der Waals surface area contributed by atoms with Gasteiger partial charge in [0.05, 0.1) is 11.4 Å². The smallest absolute Gasteiger partial charge is 0.328 e. The summed E-state index contributed by atoms with van der Waals surface area (Å²) in [5, 5.41) is 18.5. The van der Waals surface area contributed by atoms with Gasteiger partial charge >= 0.3 is 18.0 Å². The number of sulfone groups is 1. The summed E-state index contributed by atoms with van der Waals surface area (Å²) in [5.74, 6) is -1.94. The fourth-order valence-corrected chi connectivity index (χ4v) is 2.90. The fraction of sp³-hybridized carbons (Fsp3) is 0.476. The molecule has 1 rings (SSSR count). The minimum absolute atomic E-state index is 0.0515. The first-order valence-corrected chi connectivity index (χ1v) is 11.9. The first-order valence-electron chi connectivity index (χ1n) is 10.00. The molecule has 0 heterocycles. The number of likely N-dealkylation sites (N-methyl/N-ethyl adjacent to an activating group) is 1. The molecular formula is C21H33N3O8S. The molecule has 0 atom stereocenters. The third kappa shape index (κ3) is 14.5. The van der Waals surface area contributed by atoms with Crippen LogP contribution in [0.3, 0.4) is 0 Å². The molecule has 0 radical (unpaired) electrons. The lowest BCUT2D eigenvalue weighted by Gasteiger charge is -2.27. The molecule has 0 saturated heterocycles. The monoisotopic (exact) mass is 487 g/mol. The number of rotatable bonds is 11. The Labute approximate surface area is 194 Å². The van der Waals surface area contributed by atoms with Crippen LogP contribution in [0.4, 0.5) is 4.79 Å². The maximum Gasteiger partial charge on any atom is 0.328 e. The second-order valence-corrected chi connectivity index (χ2v) is 9.44. The molecule has 0 aliphatic carbocycles. The molecule has 2 amide bonds. The Morgan fingerprint density at radius 1 is 1.03 bits per heavy atom. The summed E-state index contributed by atoms with van der Waals surface area (Å²) >= 11 is 0. The zero-order valence-corrected chi connectivity index (χ0v) is 20.3. The first kappa shape index (κ1) is 29.9. The number of carboxylic acid groups (broad SMARTS) is 2. The zero-order valence-electron chi connectivity index (χ0n) is 19.5. The predicted molar refractivity (Wildman–Crippen MR) is 123 cm³/mol. The number of carbonyl (C=O) groups is 3. The third-order valence-corrected chi connectivity index (χ3v) is 5.07. The highest BCUT2D eigenvalue weighted by atomic mass is 32.2. The van der Waals surface area contributed by atoms with E-state index >= 15 is 0 Å². The Morgan fingerprint density at radius 2 is 1.55 bits per heavy atom. The van der Waals surface area contributed by atoms with E-state index in [-0.39, 0.29) is 17.0 Å². The van der Waals surface area contributed by atoms with Crippen LogP contribution in [-0.2, 0) is 19.4 Å². The summed E-state index contributed by atoms with van der Waals surface area (Å²) in [4.78, 5) is 35.3. The molecule has 3 N–H and O–H groups in total. The fourth-order valence-electron chi connectivity index (χ4n) is 2.27. The number of carbonyl (C=O) groups excluding carboxylic acids is 1. The average molecular weight is 488 g/mol. The van der Waals surface area contributed by atoms with Crippen molar-refractivity contribution < 1.29 is 37.8 Å². The Bertz CT molecular complexity index is 881. The number of nitrogens with zero attached hydrogens (tertiary/aromatic N) is 2. The number of ether oxygens (including phenoxy) is 1. The number of nitrogens with one attached hydrogen (secondary N) is 1. The van der Waals surface area contributed by atoms with Crippen LogP contribution in [0.1, 0.15) is 13.8 Å². The largest absolute Gasteiger partial charge is 0.492 e. The molecule has 0 saturated carbocycles. The van der Waals surface area contributed by atoms with E-state index in [4.69, 9.17) is 14.9 Å². The average Bonchev–Trinajstić information content (AvgIpc) is 2.69. The van der Waals surface area contributed by atoms with E-state index in [1.165, 1.54) is 12.1 Å². The molecule has 33 heavy (non-hydrogen) atoms. The molecule has 0 spiro atoms. The molecule has 0 aliphatic heterocycles. The quantitative estimate of drug-likeness (QED) is 0.390. The summed E-state index contributed by atoms with van der Waals surface area (Å²) in [6.45, 7) is 6.04. The van der Waals surface area contributed by atoms with E-state index in [0.29, 0.717) is 37.6 Å². The van der Waals surface area contributed by atoms with E-state index < -0.39 is 21.8 Å². The Hall–Kier alpha value is -3.12. The highest BCUT2D eigenvalue weighted by Crippen LogP contribution is 2.15. The summed E-state index contributed by atoms with van der Waals surface area (Å²) in [7, 11) is 0.696. The summed E-state index contributed by atoms with van der Waals surface area (Å²) in [5.41, 5.74) is 0. The van der Waals surface area contributed by atoms with Crippen molar-refractivity contribution in [2.75, 3.05) is 46.6 Å². The van der Waals surface area contributed by atoms with Crippen LogP contribution in [0, 0.1) is 0 Å². The van der Waals surface area contributed by atoms with Crippen LogP contribution >= 0.6 is 0 Å². The van der Waals surface area contributed by atoms with Gasteiger partial charge in [0.2, 0.25) is 0 Å². The number of aliphatic carboxylic acids is 2. The van der Waals surface area contributed by atoms with Crippen LogP contribution in [-0.4, -0.2) is 99.0 Å². The van der Waals surface area contributed by atoms with Gasteiger partial charge in [-0.2, -0.15) is 0 Å². The van der Waals surface area contributed by atoms with Crippen molar-refractivity contribution in [3.63, 3.8) is 0 Å². The third-order valence-electron chi connectivity index (χ3n) is 3.94. The lowest BCUT2D eigenvalue weighted by atomic mass is 10.3. The Morgan fingerprint density at radius 3 is 1.94 bits per heavy atom.